The van der Waals surface area contributed by atoms with Gasteiger partial charge in [0.15, 0.2) is 0 Å². The first-order valence-corrected chi connectivity index (χ1v) is 11.0. The van der Waals surface area contributed by atoms with Gasteiger partial charge in [-0.25, -0.2) is 8.42 Å². The molecule has 0 saturated carbocycles. The molecule has 0 aliphatic rings. The molecule has 0 spiro atoms. The van der Waals surface area contributed by atoms with Crippen molar-refractivity contribution in [1.29, 1.82) is 0 Å². The summed E-state index contributed by atoms with van der Waals surface area (Å²) >= 11 is 0. The number of carbonyl (C=O) groups excluding carboxylic acids is 2. The largest absolute Gasteiger partial charge is 0.416 e. The van der Waals surface area contributed by atoms with Crippen LogP contribution < -0.4 is 15.4 Å². The number of hydrogen-bond acceptors (Lipinski definition) is 4. The first-order chi connectivity index (χ1) is 15.5. The second kappa shape index (κ2) is 9.74. The van der Waals surface area contributed by atoms with Crippen LogP contribution in [0.2, 0.25) is 0 Å². The summed E-state index contributed by atoms with van der Waals surface area (Å²) in [5, 5.41) is 4.90. The number of hydrogen-bond donors (Lipinski definition) is 3. The Morgan fingerprint density at radius 1 is 0.818 bits per heavy atom. The van der Waals surface area contributed by atoms with Gasteiger partial charge >= 0.3 is 6.18 Å². The molecule has 0 unspecified atom stereocenters. The first kappa shape index (κ1) is 23.8. The van der Waals surface area contributed by atoms with Gasteiger partial charge in [0.2, 0.25) is 5.91 Å². The van der Waals surface area contributed by atoms with E-state index in [0.717, 1.165) is 18.2 Å². The maximum absolute atomic E-state index is 12.9. The molecule has 3 N–H and O–H groups in total. The molecular formula is C22H18F3N3O4S. The number of anilines is 2. The normalized spacial score (nSPS) is 11.5. The van der Waals surface area contributed by atoms with Gasteiger partial charge in [0.1, 0.15) is 0 Å². The number of carbonyl (C=O) groups is 2. The smallest absolute Gasteiger partial charge is 0.343 e. The SMILES string of the molecule is O=C(CNC(=O)c1ccccc1)Nc1cccc(S(=O)(=O)Nc2cccc(C(F)(F)F)c2)c1. The van der Waals surface area contributed by atoms with Gasteiger partial charge in [-0.2, -0.15) is 13.2 Å². The predicted molar refractivity (Wildman–Crippen MR) is 116 cm³/mol. The number of sulfonamides is 1. The van der Waals surface area contributed by atoms with Gasteiger partial charge in [0.05, 0.1) is 17.0 Å². The van der Waals surface area contributed by atoms with E-state index in [-0.39, 0.29) is 22.8 Å². The molecule has 172 valence electrons. The molecule has 7 nitrogen and oxygen atoms in total. The van der Waals surface area contributed by atoms with Crippen LogP contribution in [0.1, 0.15) is 15.9 Å². The molecular weight excluding hydrogens is 459 g/mol. The molecule has 0 radical (unpaired) electrons. The lowest BCUT2D eigenvalue weighted by molar-refractivity contribution is -0.137. The molecule has 2 amide bonds. The zero-order valence-corrected chi connectivity index (χ0v) is 17.7. The predicted octanol–water partition coefficient (Wildman–Crippen LogP) is 3.87. The molecule has 3 aromatic carbocycles. The second-order valence-electron chi connectivity index (χ2n) is 6.81. The third-order valence-corrected chi connectivity index (χ3v) is 5.69. The molecule has 0 fully saturated rings. The Hall–Kier alpha value is -3.86. The van der Waals surface area contributed by atoms with Gasteiger partial charge in [0, 0.05) is 16.9 Å². The molecule has 0 aliphatic heterocycles. The lowest BCUT2D eigenvalue weighted by Crippen LogP contribution is -2.32. The van der Waals surface area contributed by atoms with Crippen molar-refractivity contribution >= 4 is 33.2 Å². The monoisotopic (exact) mass is 477 g/mol. The van der Waals surface area contributed by atoms with Crippen LogP contribution in [0, 0.1) is 0 Å². The van der Waals surface area contributed by atoms with Gasteiger partial charge in [-0.05, 0) is 48.5 Å². The summed E-state index contributed by atoms with van der Waals surface area (Å²) in [6.45, 7) is -0.354. The molecule has 0 atom stereocenters. The number of nitrogens with one attached hydrogen (secondary N) is 3. The van der Waals surface area contributed by atoms with Crippen LogP contribution in [0.5, 0.6) is 0 Å². The van der Waals surface area contributed by atoms with Crippen LogP contribution in [0.3, 0.4) is 0 Å². The fourth-order valence-corrected chi connectivity index (χ4v) is 3.87. The van der Waals surface area contributed by atoms with Crippen LogP contribution in [0.15, 0.2) is 83.8 Å². The Morgan fingerprint density at radius 3 is 2.18 bits per heavy atom. The number of rotatable bonds is 7. The summed E-state index contributed by atoms with van der Waals surface area (Å²) in [5.41, 5.74) is -0.760. The van der Waals surface area contributed by atoms with Gasteiger partial charge in [0.25, 0.3) is 15.9 Å². The molecule has 33 heavy (non-hydrogen) atoms. The quantitative estimate of drug-likeness (QED) is 0.481. The average molecular weight is 477 g/mol. The van der Waals surface area contributed by atoms with E-state index in [2.05, 4.69) is 15.4 Å². The van der Waals surface area contributed by atoms with E-state index >= 15 is 0 Å². The standard InChI is InChI=1S/C22H18F3N3O4S/c23-22(24,25)16-8-4-10-18(12-16)28-33(31,32)19-11-5-9-17(13-19)27-20(29)14-26-21(30)15-6-2-1-3-7-15/h1-13,28H,14H2,(H,26,30)(H,27,29). The van der Waals surface area contributed by atoms with Crippen molar-refractivity contribution in [2.75, 3.05) is 16.6 Å². The molecule has 0 bridgehead atoms. The minimum atomic E-state index is -4.62. The summed E-state index contributed by atoms with van der Waals surface area (Å²) in [7, 11) is -4.23. The lowest BCUT2D eigenvalue weighted by atomic mass is 10.2. The summed E-state index contributed by atoms with van der Waals surface area (Å²) in [5.74, 6) is -1.05. The Morgan fingerprint density at radius 2 is 1.48 bits per heavy atom. The van der Waals surface area contributed by atoms with E-state index in [0.29, 0.717) is 11.6 Å². The summed E-state index contributed by atoms with van der Waals surface area (Å²) in [6, 6.07) is 17.2. The number of halogens is 3. The highest BCUT2D eigenvalue weighted by molar-refractivity contribution is 7.92. The highest BCUT2D eigenvalue weighted by Gasteiger charge is 2.30. The Kier molecular flexibility index (Phi) is 7.02. The van der Waals surface area contributed by atoms with Gasteiger partial charge in [-0.1, -0.05) is 30.3 Å². The average Bonchev–Trinajstić information content (AvgIpc) is 2.77. The van der Waals surface area contributed by atoms with Crippen molar-refractivity contribution < 1.29 is 31.2 Å². The van der Waals surface area contributed by atoms with Gasteiger partial charge < -0.3 is 10.6 Å². The van der Waals surface area contributed by atoms with E-state index in [1.54, 1.807) is 30.3 Å². The Balaban J connectivity index is 1.66. The van der Waals surface area contributed by atoms with E-state index < -0.39 is 33.6 Å². The van der Waals surface area contributed by atoms with Crippen LogP contribution >= 0.6 is 0 Å². The van der Waals surface area contributed by atoms with Crippen LogP contribution in [-0.4, -0.2) is 26.8 Å². The van der Waals surface area contributed by atoms with E-state index in [1.807, 2.05) is 0 Å². The third kappa shape index (κ3) is 6.56. The fourth-order valence-electron chi connectivity index (χ4n) is 2.77. The highest BCUT2D eigenvalue weighted by atomic mass is 32.2. The molecule has 0 aliphatic carbocycles. The number of benzene rings is 3. The van der Waals surface area contributed by atoms with Crippen molar-refractivity contribution in [3.05, 3.63) is 90.0 Å². The molecule has 11 heteroatoms. The minimum Gasteiger partial charge on any atom is -0.343 e. The second-order valence-corrected chi connectivity index (χ2v) is 8.49. The third-order valence-electron chi connectivity index (χ3n) is 4.32. The van der Waals surface area contributed by atoms with Gasteiger partial charge in [-0.3, -0.25) is 14.3 Å². The zero-order chi connectivity index (χ0) is 24.1. The first-order valence-electron chi connectivity index (χ1n) is 9.48. The maximum Gasteiger partial charge on any atom is 0.416 e. The molecule has 3 aromatic rings. The highest BCUT2D eigenvalue weighted by Crippen LogP contribution is 2.31. The lowest BCUT2D eigenvalue weighted by Gasteiger charge is -2.12. The van der Waals surface area contributed by atoms with E-state index in [1.165, 1.54) is 24.3 Å². The van der Waals surface area contributed by atoms with Crippen LogP contribution in [-0.2, 0) is 21.0 Å². The topological polar surface area (TPSA) is 104 Å². The van der Waals surface area contributed by atoms with Crippen molar-refractivity contribution in [3.63, 3.8) is 0 Å². The summed E-state index contributed by atoms with van der Waals surface area (Å²) in [6.07, 6.45) is -4.62. The minimum absolute atomic E-state index is 0.126. The van der Waals surface area contributed by atoms with Crippen molar-refractivity contribution in [1.82, 2.24) is 5.32 Å². The van der Waals surface area contributed by atoms with E-state index in [4.69, 9.17) is 0 Å². The molecule has 0 heterocycles. The van der Waals surface area contributed by atoms with Crippen LogP contribution in [0.4, 0.5) is 24.5 Å². The Labute approximate surface area is 187 Å². The molecule has 3 rings (SSSR count). The number of alkyl halides is 3. The molecule has 0 aromatic heterocycles. The van der Waals surface area contributed by atoms with Crippen molar-refractivity contribution in [2.45, 2.75) is 11.1 Å². The molecule has 0 saturated heterocycles. The Bertz CT molecular complexity index is 1260. The van der Waals surface area contributed by atoms with Crippen molar-refractivity contribution in [3.8, 4) is 0 Å². The number of amides is 2. The zero-order valence-electron chi connectivity index (χ0n) is 16.9. The van der Waals surface area contributed by atoms with Crippen molar-refractivity contribution in [2.24, 2.45) is 0 Å². The van der Waals surface area contributed by atoms with Gasteiger partial charge in [-0.15, -0.1) is 0 Å². The summed E-state index contributed by atoms with van der Waals surface area (Å²) in [4.78, 5) is 23.9. The fraction of sp³-hybridized carbons (Fsp3) is 0.0909. The van der Waals surface area contributed by atoms with E-state index in [9.17, 15) is 31.2 Å². The maximum atomic E-state index is 12.9. The van der Waals surface area contributed by atoms with Crippen LogP contribution in [0.25, 0.3) is 0 Å². The summed E-state index contributed by atoms with van der Waals surface area (Å²) < 4.78 is 65.9.